The Morgan fingerprint density at radius 3 is 2.72 bits per heavy atom. The average molecular weight is 264 g/mol. The monoisotopic (exact) mass is 264 g/mol. The van der Waals surface area contributed by atoms with Crippen LogP contribution in [0.2, 0.25) is 0 Å². The minimum atomic E-state index is -0.109. The van der Waals surface area contributed by atoms with Gasteiger partial charge in [-0.3, -0.25) is 4.79 Å². The second kappa shape index (κ2) is 4.94. The number of aryl methyl sites for hydroxylation is 1. The van der Waals surface area contributed by atoms with Crippen molar-refractivity contribution < 1.29 is 9.32 Å². The predicted octanol–water partition coefficient (Wildman–Crippen LogP) is 3.73. The van der Waals surface area contributed by atoms with Crippen molar-refractivity contribution in [2.75, 3.05) is 5.32 Å². The van der Waals surface area contributed by atoms with E-state index < -0.39 is 0 Å². The van der Waals surface area contributed by atoms with Gasteiger partial charge in [0, 0.05) is 16.2 Å². The normalized spacial score (nSPS) is 10.9. The van der Waals surface area contributed by atoms with Gasteiger partial charge < -0.3 is 9.84 Å². The van der Waals surface area contributed by atoms with E-state index in [9.17, 15) is 4.79 Å². The Bertz CT molecular complexity index is 569. The highest BCUT2D eigenvalue weighted by molar-refractivity contribution is 7.10. The summed E-state index contributed by atoms with van der Waals surface area (Å²) in [5.74, 6) is 0.781. The summed E-state index contributed by atoms with van der Waals surface area (Å²) in [7, 11) is 0. The molecule has 0 fully saturated rings. The van der Waals surface area contributed by atoms with Crippen LogP contribution in [0.25, 0.3) is 0 Å². The number of carbonyl (C=O) groups is 1. The van der Waals surface area contributed by atoms with Gasteiger partial charge in [-0.05, 0) is 19.4 Å². The minimum Gasteiger partial charge on any atom is -0.359 e. The van der Waals surface area contributed by atoms with E-state index in [4.69, 9.17) is 4.52 Å². The molecule has 0 saturated carbocycles. The zero-order chi connectivity index (χ0) is 13.3. The number of carbonyl (C=O) groups excluding carboxylic acids is 1. The molecule has 0 saturated heterocycles. The Hall–Kier alpha value is -1.62. The summed E-state index contributed by atoms with van der Waals surface area (Å²) in [5.41, 5.74) is 2.40. The van der Waals surface area contributed by atoms with Crippen molar-refractivity contribution in [1.82, 2.24) is 5.16 Å². The van der Waals surface area contributed by atoms with E-state index in [1.54, 1.807) is 17.5 Å². The Morgan fingerprint density at radius 2 is 2.17 bits per heavy atom. The summed E-state index contributed by atoms with van der Waals surface area (Å²) >= 11 is 1.58. The zero-order valence-electron chi connectivity index (χ0n) is 10.9. The third-order valence-corrected chi connectivity index (χ3v) is 3.91. The van der Waals surface area contributed by atoms with Gasteiger partial charge >= 0.3 is 0 Å². The molecular weight excluding hydrogens is 248 g/mol. The van der Waals surface area contributed by atoms with Crippen molar-refractivity contribution in [2.24, 2.45) is 0 Å². The maximum Gasteiger partial charge on any atom is 0.256 e. The fourth-order valence-electron chi connectivity index (χ4n) is 1.69. The topological polar surface area (TPSA) is 55.1 Å². The first-order valence-corrected chi connectivity index (χ1v) is 6.69. The Balaban J connectivity index is 2.22. The van der Waals surface area contributed by atoms with E-state index in [2.05, 4.69) is 10.5 Å². The number of hydrogen-bond donors (Lipinski definition) is 1. The average Bonchev–Trinajstić information content (AvgIpc) is 2.88. The number of hydrogen-bond acceptors (Lipinski definition) is 4. The molecule has 2 aromatic rings. The quantitative estimate of drug-likeness (QED) is 0.919. The fraction of sp³-hybridized carbons (Fsp3) is 0.385. The summed E-state index contributed by atoms with van der Waals surface area (Å²) in [6.07, 6.45) is 1.54. The number of amides is 1. The summed E-state index contributed by atoms with van der Waals surface area (Å²) in [4.78, 5) is 13.3. The molecule has 0 aliphatic heterocycles. The van der Waals surface area contributed by atoms with Crippen LogP contribution >= 0.6 is 11.3 Å². The van der Waals surface area contributed by atoms with Crippen LogP contribution in [-0.4, -0.2) is 11.1 Å². The number of aromatic nitrogens is 1. The van der Waals surface area contributed by atoms with Gasteiger partial charge in [0.05, 0.1) is 11.8 Å². The third-order valence-electron chi connectivity index (χ3n) is 2.90. The molecule has 0 atom stereocenters. The smallest absolute Gasteiger partial charge is 0.256 e. The molecule has 4 nitrogen and oxygen atoms in total. The van der Waals surface area contributed by atoms with Gasteiger partial charge in [-0.1, -0.05) is 19.0 Å². The fourth-order valence-corrected chi connectivity index (χ4v) is 2.55. The van der Waals surface area contributed by atoms with Crippen molar-refractivity contribution in [3.05, 3.63) is 33.3 Å². The highest BCUT2D eigenvalue weighted by Crippen LogP contribution is 2.26. The van der Waals surface area contributed by atoms with Crippen LogP contribution < -0.4 is 5.32 Å². The third kappa shape index (κ3) is 2.31. The lowest BCUT2D eigenvalue weighted by molar-refractivity contribution is 0.102. The van der Waals surface area contributed by atoms with Crippen LogP contribution in [0.4, 0.5) is 5.69 Å². The molecule has 1 amide bonds. The second-order valence-electron chi connectivity index (χ2n) is 4.54. The summed E-state index contributed by atoms with van der Waals surface area (Å²) < 4.78 is 5.14. The largest absolute Gasteiger partial charge is 0.359 e. The van der Waals surface area contributed by atoms with Gasteiger partial charge in [0.25, 0.3) is 5.91 Å². The number of rotatable bonds is 3. The van der Waals surface area contributed by atoms with E-state index in [1.165, 1.54) is 0 Å². The molecule has 0 spiro atoms. The second-order valence-corrected chi connectivity index (χ2v) is 5.63. The molecule has 0 bridgehead atoms. The molecule has 0 unspecified atom stereocenters. The Labute approximate surface area is 110 Å². The van der Waals surface area contributed by atoms with Crippen molar-refractivity contribution in [1.29, 1.82) is 0 Å². The van der Waals surface area contributed by atoms with Crippen LogP contribution in [0.1, 0.15) is 46.3 Å². The van der Waals surface area contributed by atoms with E-state index in [0.29, 0.717) is 17.0 Å². The Kier molecular flexibility index (Phi) is 3.52. The molecule has 5 heteroatoms. The van der Waals surface area contributed by atoms with E-state index in [-0.39, 0.29) is 11.8 Å². The van der Waals surface area contributed by atoms with Crippen molar-refractivity contribution in [2.45, 2.75) is 33.6 Å². The lowest BCUT2D eigenvalue weighted by Crippen LogP contribution is -2.13. The SMILES string of the molecule is Cc1scc(C(=O)Nc2cnoc2C(C)C)c1C. The Morgan fingerprint density at radius 1 is 1.44 bits per heavy atom. The maximum atomic E-state index is 12.1. The summed E-state index contributed by atoms with van der Waals surface area (Å²) in [6, 6.07) is 0. The lowest BCUT2D eigenvalue weighted by atomic mass is 10.1. The number of thiophene rings is 1. The predicted molar refractivity (Wildman–Crippen MR) is 72.3 cm³/mol. The van der Waals surface area contributed by atoms with Gasteiger partial charge in [-0.25, -0.2) is 0 Å². The van der Waals surface area contributed by atoms with Crippen LogP contribution in [0, 0.1) is 13.8 Å². The maximum absolute atomic E-state index is 12.1. The highest BCUT2D eigenvalue weighted by Gasteiger charge is 2.17. The number of nitrogens with one attached hydrogen (secondary N) is 1. The first-order valence-electron chi connectivity index (χ1n) is 5.81. The molecule has 1 N–H and O–H groups in total. The van der Waals surface area contributed by atoms with Crippen LogP contribution in [0.15, 0.2) is 16.1 Å². The summed E-state index contributed by atoms with van der Waals surface area (Å²) in [6.45, 7) is 7.96. The molecule has 0 aliphatic rings. The van der Waals surface area contributed by atoms with Crippen molar-refractivity contribution in [3.63, 3.8) is 0 Å². The van der Waals surface area contributed by atoms with Gasteiger partial charge in [0.2, 0.25) is 0 Å². The highest BCUT2D eigenvalue weighted by atomic mass is 32.1. The molecule has 0 aromatic carbocycles. The van der Waals surface area contributed by atoms with Crippen LogP contribution in [-0.2, 0) is 0 Å². The molecule has 2 heterocycles. The van der Waals surface area contributed by atoms with E-state index in [1.807, 2.05) is 33.1 Å². The van der Waals surface area contributed by atoms with Crippen molar-refractivity contribution in [3.8, 4) is 0 Å². The van der Waals surface area contributed by atoms with Gasteiger partial charge in [0.15, 0.2) is 5.76 Å². The first kappa shape index (κ1) is 12.8. The molecule has 0 radical (unpaired) electrons. The molecule has 2 rings (SSSR count). The van der Waals surface area contributed by atoms with Gasteiger partial charge in [-0.15, -0.1) is 11.3 Å². The van der Waals surface area contributed by atoms with Crippen molar-refractivity contribution >= 4 is 22.9 Å². The molecule has 0 aliphatic carbocycles. The zero-order valence-corrected chi connectivity index (χ0v) is 11.7. The minimum absolute atomic E-state index is 0.109. The van der Waals surface area contributed by atoms with E-state index >= 15 is 0 Å². The number of anilines is 1. The van der Waals surface area contributed by atoms with Gasteiger partial charge in [0.1, 0.15) is 5.69 Å². The molecule has 18 heavy (non-hydrogen) atoms. The lowest BCUT2D eigenvalue weighted by Gasteiger charge is -2.06. The summed E-state index contributed by atoms with van der Waals surface area (Å²) in [5, 5.41) is 8.46. The number of nitrogens with zero attached hydrogens (tertiary/aromatic N) is 1. The molecule has 96 valence electrons. The standard InChI is InChI=1S/C13H16N2O2S/c1-7(2)12-11(5-14-17-12)15-13(16)10-6-18-9(4)8(10)3/h5-7H,1-4H3,(H,15,16). The molecule has 2 aromatic heterocycles. The van der Waals surface area contributed by atoms with Gasteiger partial charge in [-0.2, -0.15) is 0 Å². The van der Waals surface area contributed by atoms with Crippen LogP contribution in [0.3, 0.4) is 0 Å². The molecular formula is C13H16N2O2S. The van der Waals surface area contributed by atoms with Crippen LogP contribution in [0.5, 0.6) is 0 Å². The van der Waals surface area contributed by atoms with E-state index in [0.717, 1.165) is 10.4 Å². The first-order chi connectivity index (χ1) is 8.50.